The van der Waals surface area contributed by atoms with Crippen LogP contribution < -0.4 is 10.6 Å². The maximum absolute atomic E-state index is 11.2. The van der Waals surface area contributed by atoms with Gasteiger partial charge in [0.1, 0.15) is 11.0 Å². The maximum atomic E-state index is 11.2. The van der Waals surface area contributed by atoms with E-state index in [0.29, 0.717) is 22.4 Å². The minimum absolute atomic E-state index is 0.0452. The van der Waals surface area contributed by atoms with Crippen LogP contribution in [-0.4, -0.2) is 39.8 Å². The van der Waals surface area contributed by atoms with Crippen molar-refractivity contribution in [2.24, 2.45) is 0 Å². The molecule has 0 saturated carbocycles. The Labute approximate surface area is 225 Å². The minimum atomic E-state index is -0.714. The van der Waals surface area contributed by atoms with Crippen LogP contribution in [0.1, 0.15) is 12.3 Å². The molecule has 40 heavy (non-hydrogen) atoms. The van der Waals surface area contributed by atoms with Crippen LogP contribution in [0.2, 0.25) is 0 Å². The van der Waals surface area contributed by atoms with Crippen LogP contribution >= 0.6 is 0 Å². The Hall–Kier alpha value is -5.92. The predicted octanol–water partition coefficient (Wildman–Crippen LogP) is 4.91. The van der Waals surface area contributed by atoms with E-state index in [4.69, 9.17) is 0 Å². The van der Waals surface area contributed by atoms with Crippen molar-refractivity contribution in [3.05, 3.63) is 117 Å². The molecule has 0 bridgehead atoms. The van der Waals surface area contributed by atoms with Crippen molar-refractivity contribution in [3.63, 3.8) is 0 Å². The van der Waals surface area contributed by atoms with Crippen molar-refractivity contribution < 1.29 is 9.85 Å². The molecule has 2 heterocycles. The molecule has 14 nitrogen and oxygen atoms in total. The smallest absolute Gasteiger partial charge is 0.269 e. The number of rotatable bonds is 9. The lowest BCUT2D eigenvalue weighted by atomic mass is 10.2. The van der Waals surface area contributed by atoms with E-state index >= 15 is 0 Å². The second-order valence-corrected chi connectivity index (χ2v) is 8.83. The number of para-hydroxylation sites is 2. The average Bonchev–Trinajstić information content (AvgIpc) is 3.60. The fourth-order valence-corrected chi connectivity index (χ4v) is 4.43. The van der Waals surface area contributed by atoms with Gasteiger partial charge in [0.15, 0.2) is 12.3 Å². The maximum Gasteiger partial charge on any atom is 0.269 e. The summed E-state index contributed by atoms with van der Waals surface area (Å²) in [7, 11) is 0. The Bertz CT molecular complexity index is 1700. The first-order valence-corrected chi connectivity index (χ1v) is 12.1. The molecule has 0 spiro atoms. The van der Waals surface area contributed by atoms with Gasteiger partial charge in [-0.2, -0.15) is 0 Å². The van der Waals surface area contributed by atoms with Gasteiger partial charge in [0.2, 0.25) is 0 Å². The number of hydrogen-bond donors (Lipinski definition) is 2. The normalized spacial score (nSPS) is 12.7. The summed E-state index contributed by atoms with van der Waals surface area (Å²) >= 11 is 0. The molecule has 0 fully saturated rings. The van der Waals surface area contributed by atoms with Gasteiger partial charge in [-0.25, -0.2) is 9.36 Å². The van der Waals surface area contributed by atoms with E-state index in [-0.39, 0.29) is 11.4 Å². The first-order valence-electron chi connectivity index (χ1n) is 12.1. The largest absolute Gasteiger partial charge is 0.360 e. The highest BCUT2D eigenvalue weighted by Crippen LogP contribution is 2.32. The molecule has 0 radical (unpaired) electrons. The minimum Gasteiger partial charge on any atom is -0.360 e. The third-order valence-corrected chi connectivity index (χ3v) is 6.37. The van der Waals surface area contributed by atoms with Crippen LogP contribution in [0.4, 0.5) is 22.7 Å². The summed E-state index contributed by atoms with van der Waals surface area (Å²) in [6, 6.07) is 26.9. The topological polar surface area (TPSA) is 172 Å². The third-order valence-electron chi connectivity index (χ3n) is 6.37. The Balaban J connectivity index is 1.50. The monoisotopic (exact) mass is 536 g/mol. The van der Waals surface area contributed by atoms with E-state index in [1.165, 1.54) is 24.3 Å². The van der Waals surface area contributed by atoms with Gasteiger partial charge in [-0.1, -0.05) is 34.7 Å². The van der Waals surface area contributed by atoms with Crippen LogP contribution in [0.25, 0.3) is 22.1 Å². The Morgan fingerprint density at radius 1 is 0.575 bits per heavy atom. The van der Waals surface area contributed by atoms with Gasteiger partial charge in [-0.3, -0.25) is 20.2 Å². The highest BCUT2D eigenvalue weighted by molar-refractivity contribution is 5.75. The van der Waals surface area contributed by atoms with E-state index in [9.17, 15) is 20.2 Å². The summed E-state index contributed by atoms with van der Waals surface area (Å²) < 4.78 is 3.38. The van der Waals surface area contributed by atoms with Gasteiger partial charge >= 0.3 is 0 Å². The van der Waals surface area contributed by atoms with E-state index in [1.807, 2.05) is 48.5 Å². The van der Waals surface area contributed by atoms with Gasteiger partial charge in [0, 0.05) is 35.6 Å². The third kappa shape index (κ3) is 4.60. The summed E-state index contributed by atoms with van der Waals surface area (Å²) in [6.07, 6.45) is -1.43. The lowest BCUT2D eigenvalue weighted by Gasteiger charge is -2.31. The van der Waals surface area contributed by atoms with Crippen LogP contribution in [-0.2, 0) is 0 Å². The molecular weight excluding hydrogens is 516 g/mol. The molecule has 0 unspecified atom stereocenters. The SMILES string of the molecule is O=[N+]([O-])c1ccc(N[C@H]([C@@H](Nc2ccc([N+](=O)[O-])cc2)n2nnc3ccccc32)n2nnc3ccccc32)cc1. The summed E-state index contributed by atoms with van der Waals surface area (Å²) in [6.45, 7) is 0. The van der Waals surface area contributed by atoms with Crippen molar-refractivity contribution in [2.75, 3.05) is 10.6 Å². The average molecular weight is 537 g/mol. The molecule has 0 aliphatic rings. The molecule has 2 N–H and O–H groups in total. The lowest BCUT2D eigenvalue weighted by molar-refractivity contribution is -0.385. The Morgan fingerprint density at radius 2 is 0.950 bits per heavy atom. The Morgan fingerprint density at radius 3 is 1.32 bits per heavy atom. The lowest BCUT2D eigenvalue weighted by Crippen LogP contribution is -2.35. The molecule has 198 valence electrons. The number of nitro benzene ring substituents is 2. The molecule has 2 atom stereocenters. The Kier molecular flexibility index (Phi) is 6.16. The number of hydrogen-bond acceptors (Lipinski definition) is 10. The molecule has 2 aromatic heterocycles. The standard InChI is InChI=1S/C26H20N10O4/c37-35(38)19-13-9-17(10-14-19)27-25(33-23-7-3-1-5-21(23)29-31-33)26(28-18-11-15-20(16-12-18)36(39)40)34-24-8-4-2-6-22(24)30-32-34/h1-16,25-28H/t25-,26-/m0/s1. The number of non-ortho nitro benzene ring substituents is 2. The molecule has 0 amide bonds. The number of nitrogens with one attached hydrogen (secondary N) is 2. The van der Waals surface area contributed by atoms with Gasteiger partial charge in [-0.05, 0) is 48.5 Å². The summed E-state index contributed by atoms with van der Waals surface area (Å²) in [5, 5.41) is 46.8. The van der Waals surface area contributed by atoms with Crippen molar-refractivity contribution in [2.45, 2.75) is 12.3 Å². The first kappa shape index (κ1) is 24.4. The second-order valence-electron chi connectivity index (χ2n) is 8.83. The van der Waals surface area contributed by atoms with Crippen molar-refractivity contribution in [1.29, 1.82) is 0 Å². The van der Waals surface area contributed by atoms with E-state index in [1.54, 1.807) is 33.6 Å². The number of nitro groups is 2. The van der Waals surface area contributed by atoms with Crippen LogP contribution in [0.5, 0.6) is 0 Å². The predicted molar refractivity (Wildman–Crippen MR) is 147 cm³/mol. The molecule has 14 heteroatoms. The summed E-state index contributed by atoms with van der Waals surface area (Å²) in [5.41, 5.74) is 3.84. The quantitative estimate of drug-likeness (QED) is 0.191. The van der Waals surface area contributed by atoms with Gasteiger partial charge in [-0.15, -0.1) is 10.2 Å². The number of benzene rings is 4. The summed E-state index contributed by atoms with van der Waals surface area (Å²) in [5.74, 6) is 0. The van der Waals surface area contributed by atoms with E-state index in [2.05, 4.69) is 31.3 Å². The number of anilines is 2. The van der Waals surface area contributed by atoms with E-state index in [0.717, 1.165) is 11.0 Å². The fourth-order valence-electron chi connectivity index (χ4n) is 4.43. The molecule has 6 aromatic rings. The number of fused-ring (bicyclic) bond motifs is 2. The number of nitrogens with zero attached hydrogens (tertiary/aromatic N) is 8. The molecule has 6 rings (SSSR count). The zero-order valence-electron chi connectivity index (χ0n) is 20.6. The molecule has 0 saturated heterocycles. The van der Waals surface area contributed by atoms with Crippen molar-refractivity contribution in [3.8, 4) is 0 Å². The van der Waals surface area contributed by atoms with E-state index < -0.39 is 22.2 Å². The zero-order valence-corrected chi connectivity index (χ0v) is 20.6. The second kappa shape index (κ2) is 10.1. The summed E-state index contributed by atoms with van der Waals surface area (Å²) in [4.78, 5) is 21.5. The zero-order chi connectivity index (χ0) is 27.6. The molecular formula is C26H20N10O4. The van der Waals surface area contributed by atoms with Gasteiger partial charge in [0.05, 0.1) is 20.9 Å². The fraction of sp³-hybridized carbons (Fsp3) is 0.0769. The molecule has 0 aliphatic heterocycles. The first-order chi connectivity index (χ1) is 19.5. The number of aromatic nitrogens is 6. The molecule has 4 aromatic carbocycles. The van der Waals surface area contributed by atoms with Gasteiger partial charge in [0.25, 0.3) is 11.4 Å². The molecule has 0 aliphatic carbocycles. The van der Waals surface area contributed by atoms with Gasteiger partial charge < -0.3 is 10.6 Å². The van der Waals surface area contributed by atoms with Crippen LogP contribution in [0, 0.1) is 20.2 Å². The van der Waals surface area contributed by atoms with Crippen LogP contribution in [0.15, 0.2) is 97.1 Å². The van der Waals surface area contributed by atoms with Crippen molar-refractivity contribution in [1.82, 2.24) is 30.0 Å². The highest BCUT2D eigenvalue weighted by Gasteiger charge is 2.30. The highest BCUT2D eigenvalue weighted by atomic mass is 16.6. The van der Waals surface area contributed by atoms with Crippen molar-refractivity contribution >= 4 is 44.8 Å². The van der Waals surface area contributed by atoms with Crippen LogP contribution in [0.3, 0.4) is 0 Å².